The van der Waals surface area contributed by atoms with Gasteiger partial charge in [0.25, 0.3) is 0 Å². The van der Waals surface area contributed by atoms with Crippen LogP contribution in [-0.2, 0) is 10.3 Å². The fourth-order valence-corrected chi connectivity index (χ4v) is 3.52. The first-order valence-corrected chi connectivity index (χ1v) is 8.31. The van der Waals surface area contributed by atoms with Gasteiger partial charge in [-0.25, -0.2) is 4.98 Å². The van der Waals surface area contributed by atoms with Crippen molar-refractivity contribution < 1.29 is 9.47 Å². The number of nitrogens with zero attached hydrogens (tertiary/aromatic N) is 2. The fourth-order valence-electron chi connectivity index (χ4n) is 3.01. The summed E-state index contributed by atoms with van der Waals surface area (Å²) in [4.78, 5) is 8.93. The Hall–Kier alpha value is -1.63. The van der Waals surface area contributed by atoms with Crippen LogP contribution in [0.2, 0.25) is 5.15 Å². The highest BCUT2D eigenvalue weighted by Gasteiger charge is 2.44. The van der Waals surface area contributed by atoms with Crippen molar-refractivity contribution >= 4 is 33.4 Å². The Balaban J connectivity index is 2.05. The number of aliphatic imine (C=N–C) groups is 1. The molecular weight excluding hydrogens is 382 g/mol. The van der Waals surface area contributed by atoms with E-state index in [0.717, 1.165) is 15.6 Å². The maximum Gasteiger partial charge on any atom is 0.151 e. The van der Waals surface area contributed by atoms with Crippen molar-refractivity contribution in [2.45, 2.75) is 12.0 Å². The Kier molecular flexibility index (Phi) is 3.55. The molecule has 1 aromatic carbocycles. The summed E-state index contributed by atoms with van der Waals surface area (Å²) in [5.41, 5.74) is 7.03. The molecule has 5 nitrogen and oxygen atoms in total. The third-order valence-corrected chi connectivity index (χ3v) is 4.73. The summed E-state index contributed by atoms with van der Waals surface area (Å²) >= 11 is 9.63. The number of pyridine rings is 1. The highest BCUT2D eigenvalue weighted by Crippen LogP contribution is 2.50. The number of fused-ring (bicyclic) bond motifs is 4. The molecule has 7 heteroatoms. The molecule has 4 rings (SSSR count). The zero-order valence-electron chi connectivity index (χ0n) is 12.1. The van der Waals surface area contributed by atoms with E-state index < -0.39 is 5.54 Å². The second-order valence-corrected chi connectivity index (χ2v) is 6.81. The Bertz CT molecular complexity index is 773. The number of ether oxygens (including phenoxy) is 2. The van der Waals surface area contributed by atoms with E-state index >= 15 is 0 Å². The average Bonchev–Trinajstić information content (AvgIpc) is 2.72. The zero-order valence-corrected chi connectivity index (χ0v) is 14.4. The highest BCUT2D eigenvalue weighted by molar-refractivity contribution is 9.10. The summed E-state index contributed by atoms with van der Waals surface area (Å²) in [7, 11) is 0. The molecule has 0 aliphatic carbocycles. The molecule has 23 heavy (non-hydrogen) atoms. The van der Waals surface area contributed by atoms with E-state index in [9.17, 15) is 0 Å². The molecule has 1 atom stereocenters. The van der Waals surface area contributed by atoms with Crippen LogP contribution < -0.4 is 10.5 Å². The summed E-state index contributed by atoms with van der Waals surface area (Å²) in [6.45, 7) is 0.906. The van der Waals surface area contributed by atoms with Gasteiger partial charge >= 0.3 is 0 Å². The summed E-state index contributed by atoms with van der Waals surface area (Å²) in [5, 5.41) is 0.378. The number of hydrogen-bond donors (Lipinski definition) is 1. The Morgan fingerprint density at radius 3 is 2.91 bits per heavy atom. The Labute approximate surface area is 146 Å². The largest absolute Gasteiger partial charge is 0.455 e. The van der Waals surface area contributed by atoms with E-state index in [0.29, 0.717) is 42.1 Å². The monoisotopic (exact) mass is 393 g/mol. The van der Waals surface area contributed by atoms with E-state index in [1.54, 1.807) is 12.3 Å². The molecule has 0 bridgehead atoms. The molecular formula is C16H13BrClN3O2. The molecule has 0 saturated heterocycles. The number of benzene rings is 1. The first-order chi connectivity index (χ1) is 11.1. The van der Waals surface area contributed by atoms with Crippen molar-refractivity contribution in [2.24, 2.45) is 10.7 Å². The molecule has 0 fully saturated rings. The van der Waals surface area contributed by atoms with Crippen LogP contribution in [0.4, 0.5) is 0 Å². The van der Waals surface area contributed by atoms with Gasteiger partial charge in [0.05, 0.1) is 25.2 Å². The van der Waals surface area contributed by atoms with Crippen molar-refractivity contribution in [2.75, 3.05) is 13.2 Å². The van der Waals surface area contributed by atoms with Gasteiger partial charge in [-0.15, -0.1) is 0 Å². The molecule has 1 spiro atoms. The van der Waals surface area contributed by atoms with Crippen molar-refractivity contribution in [3.05, 3.63) is 51.2 Å². The van der Waals surface area contributed by atoms with Gasteiger partial charge in [0.15, 0.2) is 5.75 Å². The second kappa shape index (κ2) is 5.47. The molecule has 2 N–H and O–H groups in total. The van der Waals surface area contributed by atoms with Gasteiger partial charge in [0.2, 0.25) is 0 Å². The quantitative estimate of drug-likeness (QED) is 0.693. The minimum absolute atomic E-state index is 0.369. The van der Waals surface area contributed by atoms with E-state index in [4.69, 9.17) is 31.8 Å². The molecule has 118 valence electrons. The lowest BCUT2D eigenvalue weighted by atomic mass is 9.81. The lowest BCUT2D eigenvalue weighted by molar-refractivity contribution is 0.107. The van der Waals surface area contributed by atoms with Crippen molar-refractivity contribution in [3.8, 4) is 11.5 Å². The van der Waals surface area contributed by atoms with Gasteiger partial charge in [-0.05, 0) is 24.3 Å². The second-order valence-electron chi connectivity index (χ2n) is 5.51. The molecule has 3 heterocycles. The number of amidine groups is 1. The predicted octanol–water partition coefficient (Wildman–Crippen LogP) is 3.62. The minimum atomic E-state index is -0.778. The van der Waals surface area contributed by atoms with Crippen LogP contribution in [-0.4, -0.2) is 24.0 Å². The van der Waals surface area contributed by atoms with Crippen molar-refractivity contribution in [1.82, 2.24) is 4.98 Å². The standard InChI is InChI=1S/C16H13BrClN3O2/c17-9-1-2-12-10(5-9)16(8-22-4-3-15(19)21-16)11-6-14(18)20-7-13(11)23-12/h1-2,5-7H,3-4,8H2,(H2,19,21)/t16-/m0/s1. The smallest absolute Gasteiger partial charge is 0.151 e. The molecule has 0 radical (unpaired) electrons. The van der Waals surface area contributed by atoms with Crippen LogP contribution in [0.25, 0.3) is 0 Å². The summed E-state index contributed by atoms with van der Waals surface area (Å²) in [5.74, 6) is 1.88. The highest BCUT2D eigenvalue weighted by atomic mass is 79.9. The fraction of sp³-hybridized carbons (Fsp3) is 0.250. The van der Waals surface area contributed by atoms with Crippen LogP contribution in [0.15, 0.2) is 39.9 Å². The van der Waals surface area contributed by atoms with E-state index in [-0.39, 0.29) is 0 Å². The molecule has 2 aliphatic rings. The first-order valence-electron chi connectivity index (χ1n) is 7.14. The maximum absolute atomic E-state index is 6.12. The van der Waals surface area contributed by atoms with Gasteiger partial charge in [-0.1, -0.05) is 27.5 Å². The molecule has 0 unspecified atom stereocenters. The van der Waals surface area contributed by atoms with Crippen LogP contribution >= 0.6 is 27.5 Å². The van der Waals surface area contributed by atoms with E-state index in [1.165, 1.54) is 0 Å². The van der Waals surface area contributed by atoms with Crippen LogP contribution in [0.1, 0.15) is 17.5 Å². The molecule has 2 aromatic rings. The topological polar surface area (TPSA) is 69.7 Å². The number of rotatable bonds is 0. The molecule has 1 aromatic heterocycles. The van der Waals surface area contributed by atoms with Crippen molar-refractivity contribution in [1.29, 1.82) is 0 Å². The van der Waals surface area contributed by atoms with Crippen LogP contribution in [0.3, 0.4) is 0 Å². The van der Waals surface area contributed by atoms with Crippen molar-refractivity contribution in [3.63, 3.8) is 0 Å². The van der Waals surface area contributed by atoms with Gasteiger partial charge in [-0.2, -0.15) is 0 Å². The lowest BCUT2D eigenvalue weighted by Gasteiger charge is -2.36. The maximum atomic E-state index is 6.12. The first kappa shape index (κ1) is 14.9. The molecule has 0 saturated carbocycles. The summed E-state index contributed by atoms with van der Waals surface area (Å²) in [6, 6.07) is 7.57. The summed E-state index contributed by atoms with van der Waals surface area (Å²) in [6.07, 6.45) is 2.21. The van der Waals surface area contributed by atoms with Crippen LogP contribution in [0.5, 0.6) is 11.5 Å². The normalized spacial score (nSPS) is 22.6. The van der Waals surface area contributed by atoms with E-state index in [2.05, 4.69) is 20.9 Å². The average molecular weight is 395 g/mol. The van der Waals surface area contributed by atoms with Gasteiger partial charge < -0.3 is 15.2 Å². The lowest BCUT2D eigenvalue weighted by Crippen LogP contribution is -2.35. The number of halogens is 2. The third-order valence-electron chi connectivity index (χ3n) is 4.03. The minimum Gasteiger partial charge on any atom is -0.455 e. The molecule has 0 amide bonds. The van der Waals surface area contributed by atoms with E-state index in [1.807, 2.05) is 18.2 Å². The Morgan fingerprint density at radius 1 is 1.22 bits per heavy atom. The van der Waals surface area contributed by atoms with Gasteiger partial charge in [0, 0.05) is 22.0 Å². The SMILES string of the molecule is NC1=N[C@@]2(COCC1)c1cc(Br)ccc1Oc1cnc(Cl)cc12. The number of aromatic nitrogens is 1. The van der Waals surface area contributed by atoms with Gasteiger partial charge in [-0.3, -0.25) is 4.99 Å². The third kappa shape index (κ3) is 2.41. The number of hydrogen-bond acceptors (Lipinski definition) is 5. The zero-order chi connectivity index (χ0) is 16.0. The van der Waals surface area contributed by atoms with Gasteiger partial charge in [0.1, 0.15) is 16.4 Å². The number of nitrogens with two attached hydrogens (primary N) is 1. The van der Waals surface area contributed by atoms with Crippen LogP contribution in [0, 0.1) is 0 Å². The Morgan fingerprint density at radius 2 is 2.04 bits per heavy atom. The molecule has 2 aliphatic heterocycles. The summed E-state index contributed by atoms with van der Waals surface area (Å²) < 4.78 is 12.7. The predicted molar refractivity (Wildman–Crippen MR) is 91.3 cm³/mol.